The minimum Gasteiger partial charge on any atom is -0.478 e. The van der Waals surface area contributed by atoms with Crippen LogP contribution < -0.4 is 4.74 Å². The quantitative estimate of drug-likeness (QED) is 0.209. The number of hydrogen-bond acceptors (Lipinski definition) is 8. The van der Waals surface area contributed by atoms with Gasteiger partial charge in [0.25, 0.3) is 0 Å². The van der Waals surface area contributed by atoms with E-state index in [1.54, 1.807) is 22.8 Å². The zero-order chi connectivity index (χ0) is 30.5. The molecule has 43 heavy (non-hydrogen) atoms. The monoisotopic (exact) mass is 609 g/mol. The Morgan fingerprint density at radius 2 is 1.95 bits per heavy atom. The third-order valence-corrected chi connectivity index (χ3v) is 8.28. The van der Waals surface area contributed by atoms with Gasteiger partial charge in [-0.2, -0.15) is 0 Å². The predicted molar refractivity (Wildman–Crippen MR) is 152 cm³/mol. The fourth-order valence-electron chi connectivity index (χ4n) is 5.24. The molecule has 0 amide bonds. The molecule has 0 radical (unpaired) electrons. The molecule has 1 aliphatic heterocycles. The summed E-state index contributed by atoms with van der Waals surface area (Å²) in [6, 6.07) is 9.57. The molecule has 2 aromatic carbocycles. The van der Waals surface area contributed by atoms with E-state index >= 15 is 13.2 Å². The van der Waals surface area contributed by atoms with Gasteiger partial charge in [-0.3, -0.25) is 0 Å². The molecule has 9 nitrogen and oxygen atoms in total. The Morgan fingerprint density at radius 1 is 1.14 bits per heavy atom. The fourth-order valence-corrected chi connectivity index (χ4v) is 5.87. The lowest BCUT2D eigenvalue weighted by atomic mass is 9.87. The van der Waals surface area contributed by atoms with E-state index in [4.69, 9.17) is 9.47 Å². The summed E-state index contributed by atoms with van der Waals surface area (Å²) in [5, 5.41) is 18.8. The molecule has 1 aliphatic rings. The molecule has 1 fully saturated rings. The fraction of sp³-hybridized carbons (Fsp3) is 0.300. The largest absolute Gasteiger partial charge is 0.478 e. The molecule has 6 rings (SSSR count). The summed E-state index contributed by atoms with van der Waals surface area (Å²) in [6.07, 6.45) is -0.379. The number of benzene rings is 2. The van der Waals surface area contributed by atoms with Crippen molar-refractivity contribution in [2.45, 2.75) is 39.8 Å². The van der Waals surface area contributed by atoms with Gasteiger partial charge in [-0.05, 0) is 37.3 Å². The van der Waals surface area contributed by atoms with Crippen molar-refractivity contribution in [3.8, 4) is 17.1 Å². The molecule has 1 atom stereocenters. The summed E-state index contributed by atoms with van der Waals surface area (Å²) in [5.41, 5.74) is -0.284. The van der Waals surface area contributed by atoms with Crippen molar-refractivity contribution in [2.24, 2.45) is 5.41 Å². The first-order valence-corrected chi connectivity index (χ1v) is 14.2. The van der Waals surface area contributed by atoms with E-state index in [9.17, 15) is 9.90 Å². The van der Waals surface area contributed by atoms with Gasteiger partial charge in [-0.25, -0.2) is 27.9 Å². The maximum absolute atomic E-state index is 15.6. The number of aromatic nitrogens is 5. The van der Waals surface area contributed by atoms with Crippen molar-refractivity contribution in [1.29, 1.82) is 0 Å². The SMILES string of the molecule is Cc1nnc(COc2cccc(-c3cc(F)c(Cc4nc5ccc(C(=O)O)cc5n4[C@@H]4COCC4(C)C)c(F)c3F)n2)s1. The Hall–Kier alpha value is -4.36. The second-order valence-electron chi connectivity index (χ2n) is 11.0. The van der Waals surface area contributed by atoms with Crippen LogP contribution in [0.1, 0.15) is 51.7 Å². The number of fused-ring (bicyclic) bond motifs is 1. The molecule has 0 spiro atoms. The zero-order valence-corrected chi connectivity index (χ0v) is 24.2. The summed E-state index contributed by atoms with van der Waals surface area (Å²) in [4.78, 5) is 20.5. The number of imidazole rings is 1. The number of carboxylic acids is 1. The number of rotatable bonds is 8. The van der Waals surface area contributed by atoms with Crippen LogP contribution in [0.15, 0.2) is 42.5 Å². The van der Waals surface area contributed by atoms with Crippen LogP contribution in [-0.2, 0) is 17.8 Å². The molecule has 0 unspecified atom stereocenters. The van der Waals surface area contributed by atoms with E-state index in [0.717, 1.165) is 11.1 Å². The third-order valence-electron chi connectivity index (χ3n) is 7.47. The summed E-state index contributed by atoms with van der Waals surface area (Å²) >= 11 is 1.35. The van der Waals surface area contributed by atoms with Gasteiger partial charge in [-0.15, -0.1) is 10.2 Å². The number of ether oxygens (including phenoxy) is 2. The Morgan fingerprint density at radius 3 is 2.65 bits per heavy atom. The number of aromatic carboxylic acids is 1. The average molecular weight is 610 g/mol. The van der Waals surface area contributed by atoms with Crippen molar-refractivity contribution >= 4 is 28.3 Å². The first-order valence-electron chi connectivity index (χ1n) is 13.4. The Labute approximate surface area is 248 Å². The van der Waals surface area contributed by atoms with Crippen LogP contribution >= 0.6 is 11.3 Å². The zero-order valence-electron chi connectivity index (χ0n) is 23.4. The van der Waals surface area contributed by atoms with E-state index in [0.29, 0.717) is 29.3 Å². The molecular formula is C30H26F3N5O4S. The first kappa shape index (κ1) is 28.7. The maximum atomic E-state index is 15.6. The van der Waals surface area contributed by atoms with Gasteiger partial charge in [0.05, 0.1) is 41.5 Å². The molecule has 0 saturated carbocycles. The second kappa shape index (κ2) is 11.0. The van der Waals surface area contributed by atoms with Crippen molar-refractivity contribution < 1.29 is 32.5 Å². The average Bonchev–Trinajstić information content (AvgIpc) is 3.66. The molecule has 5 aromatic rings. The molecule has 222 valence electrons. The van der Waals surface area contributed by atoms with Crippen LogP contribution in [0, 0.1) is 29.8 Å². The first-order chi connectivity index (χ1) is 20.5. The molecule has 0 aliphatic carbocycles. The molecule has 13 heteroatoms. The smallest absolute Gasteiger partial charge is 0.335 e. The number of aryl methyl sites for hydroxylation is 1. The minimum atomic E-state index is -1.36. The molecule has 0 bridgehead atoms. The Bertz CT molecular complexity index is 1870. The topological polar surface area (TPSA) is 112 Å². The summed E-state index contributed by atoms with van der Waals surface area (Å²) < 4.78 is 59.9. The van der Waals surface area contributed by atoms with Crippen LogP contribution in [0.2, 0.25) is 0 Å². The highest BCUT2D eigenvalue weighted by atomic mass is 32.1. The lowest BCUT2D eigenvalue weighted by molar-refractivity contribution is 0.0697. The summed E-state index contributed by atoms with van der Waals surface area (Å²) in [5.74, 6) is -4.33. The summed E-state index contributed by atoms with van der Waals surface area (Å²) in [6.45, 7) is 6.59. The van der Waals surface area contributed by atoms with Gasteiger partial charge in [0, 0.05) is 29.0 Å². The van der Waals surface area contributed by atoms with Gasteiger partial charge < -0.3 is 19.1 Å². The molecule has 1 N–H and O–H groups in total. The van der Waals surface area contributed by atoms with Crippen LogP contribution in [0.3, 0.4) is 0 Å². The minimum absolute atomic E-state index is 0.00825. The predicted octanol–water partition coefficient (Wildman–Crippen LogP) is 6.14. The number of nitrogens with zero attached hydrogens (tertiary/aromatic N) is 5. The van der Waals surface area contributed by atoms with Gasteiger partial charge >= 0.3 is 5.97 Å². The van der Waals surface area contributed by atoms with Gasteiger partial charge in [-0.1, -0.05) is 31.3 Å². The van der Waals surface area contributed by atoms with Crippen LogP contribution in [0.5, 0.6) is 5.88 Å². The third kappa shape index (κ3) is 5.45. The van der Waals surface area contributed by atoms with E-state index in [-0.39, 0.29) is 53.0 Å². The van der Waals surface area contributed by atoms with Crippen molar-refractivity contribution in [1.82, 2.24) is 24.7 Å². The van der Waals surface area contributed by atoms with Gasteiger partial charge in [0.15, 0.2) is 16.6 Å². The number of halogens is 3. The maximum Gasteiger partial charge on any atom is 0.335 e. The van der Waals surface area contributed by atoms with E-state index in [1.807, 2.05) is 20.8 Å². The van der Waals surface area contributed by atoms with Crippen molar-refractivity contribution in [3.63, 3.8) is 0 Å². The highest BCUT2D eigenvalue weighted by Gasteiger charge is 2.39. The Balaban J connectivity index is 1.36. The molecular weight excluding hydrogens is 583 g/mol. The number of pyridine rings is 1. The lowest BCUT2D eigenvalue weighted by Crippen LogP contribution is -2.27. The standard InChI is InChI=1S/C30H26F3N5O4S/c1-15-36-37-26(43-15)13-42-25-6-4-5-20(35-25)18-10-19(31)17(27(32)28(18)33)11-24-34-21-8-7-16(29(39)40)9-22(21)38(24)23-12-41-14-30(23,2)3/h4-10,23H,11-14H2,1-3H3,(H,39,40)/t23-/m1/s1. The molecule has 3 aromatic heterocycles. The van der Waals surface area contributed by atoms with Crippen LogP contribution in [0.25, 0.3) is 22.3 Å². The number of hydrogen-bond donors (Lipinski definition) is 1. The van der Waals surface area contributed by atoms with E-state index in [1.165, 1.54) is 29.5 Å². The van der Waals surface area contributed by atoms with E-state index < -0.39 is 29.0 Å². The highest BCUT2D eigenvalue weighted by molar-refractivity contribution is 7.11. The highest BCUT2D eigenvalue weighted by Crippen LogP contribution is 2.41. The Kier molecular flexibility index (Phi) is 7.38. The van der Waals surface area contributed by atoms with Crippen molar-refractivity contribution in [3.05, 3.63) is 86.9 Å². The lowest BCUT2D eigenvalue weighted by Gasteiger charge is -2.28. The number of carbonyl (C=O) groups is 1. The summed E-state index contributed by atoms with van der Waals surface area (Å²) in [7, 11) is 0. The van der Waals surface area contributed by atoms with Crippen LogP contribution in [-0.4, -0.2) is 49.0 Å². The van der Waals surface area contributed by atoms with Crippen LogP contribution in [0.4, 0.5) is 13.2 Å². The normalized spacial score (nSPS) is 16.2. The van der Waals surface area contributed by atoms with Gasteiger partial charge in [0.1, 0.15) is 23.3 Å². The van der Waals surface area contributed by atoms with Crippen molar-refractivity contribution in [2.75, 3.05) is 13.2 Å². The molecule has 1 saturated heterocycles. The second-order valence-corrected chi connectivity index (χ2v) is 12.2. The number of carboxylic acid groups (broad SMARTS) is 1. The molecule has 4 heterocycles. The van der Waals surface area contributed by atoms with E-state index in [2.05, 4.69) is 20.2 Å². The van der Waals surface area contributed by atoms with Gasteiger partial charge in [0.2, 0.25) is 5.88 Å².